The molecule has 0 fully saturated rings. The lowest BCUT2D eigenvalue weighted by Gasteiger charge is -2.05. The van der Waals surface area contributed by atoms with Crippen LogP contribution < -0.4 is 5.73 Å². The second kappa shape index (κ2) is 5.50. The first-order chi connectivity index (χ1) is 8.63. The van der Waals surface area contributed by atoms with E-state index in [2.05, 4.69) is 0 Å². The molecule has 3 nitrogen and oxygen atoms in total. The van der Waals surface area contributed by atoms with E-state index in [4.69, 9.17) is 5.73 Å². The molecule has 0 heterocycles. The van der Waals surface area contributed by atoms with E-state index in [0.717, 1.165) is 17.2 Å². The third-order valence-corrected chi connectivity index (χ3v) is 4.75. The molecule has 2 N–H and O–H groups in total. The Bertz CT molecular complexity index is 635. The van der Waals surface area contributed by atoms with Gasteiger partial charge in [-0.25, -0.2) is 8.42 Å². The van der Waals surface area contributed by atoms with Crippen LogP contribution in [0.5, 0.6) is 0 Å². The largest absolute Gasteiger partial charge is 0.330 e. The molecule has 0 saturated heterocycles. The van der Waals surface area contributed by atoms with Crippen LogP contribution in [0, 0.1) is 0 Å². The molecule has 18 heavy (non-hydrogen) atoms. The lowest BCUT2D eigenvalue weighted by molar-refractivity contribution is 0.592. The van der Waals surface area contributed by atoms with Crippen molar-refractivity contribution in [2.24, 2.45) is 5.73 Å². The van der Waals surface area contributed by atoms with Crippen LogP contribution in [0.25, 0.3) is 10.8 Å². The predicted molar refractivity (Wildman–Crippen MR) is 74.3 cm³/mol. The second-order valence-corrected chi connectivity index (χ2v) is 6.43. The summed E-state index contributed by atoms with van der Waals surface area (Å²) in [6.07, 6.45) is 1.36. The molecule has 0 aliphatic heterocycles. The standard InChI is InChI=1S/C14H17NO2S/c15-9-3-4-10-18(16,17)14-8-7-12-5-1-2-6-13(12)11-14/h1-2,5-8,11H,3-4,9-10,15H2. The number of fused-ring (bicyclic) bond motifs is 1. The first kappa shape index (κ1) is 13.1. The molecule has 0 aliphatic carbocycles. The van der Waals surface area contributed by atoms with Crippen molar-refractivity contribution in [1.82, 2.24) is 0 Å². The van der Waals surface area contributed by atoms with Crippen LogP contribution in [0.15, 0.2) is 47.4 Å². The Morgan fingerprint density at radius 2 is 1.67 bits per heavy atom. The highest BCUT2D eigenvalue weighted by Gasteiger charge is 2.13. The van der Waals surface area contributed by atoms with Crippen LogP contribution in [0.4, 0.5) is 0 Å². The minimum Gasteiger partial charge on any atom is -0.330 e. The molecule has 0 amide bonds. The number of hydrogen-bond donors (Lipinski definition) is 1. The molecule has 0 aliphatic rings. The van der Waals surface area contributed by atoms with Gasteiger partial charge in [-0.15, -0.1) is 0 Å². The van der Waals surface area contributed by atoms with Gasteiger partial charge in [0, 0.05) is 0 Å². The van der Waals surface area contributed by atoms with Crippen LogP contribution in [-0.2, 0) is 9.84 Å². The Balaban J connectivity index is 2.30. The van der Waals surface area contributed by atoms with Crippen LogP contribution in [0.2, 0.25) is 0 Å². The van der Waals surface area contributed by atoms with Gasteiger partial charge in [0.2, 0.25) is 0 Å². The zero-order valence-electron chi connectivity index (χ0n) is 10.2. The normalized spacial score (nSPS) is 11.8. The maximum atomic E-state index is 12.1. The third-order valence-electron chi connectivity index (χ3n) is 2.95. The van der Waals surface area contributed by atoms with Crippen molar-refractivity contribution in [3.05, 3.63) is 42.5 Å². The van der Waals surface area contributed by atoms with Crippen molar-refractivity contribution >= 4 is 20.6 Å². The molecule has 0 spiro atoms. The van der Waals surface area contributed by atoms with Gasteiger partial charge >= 0.3 is 0 Å². The summed E-state index contributed by atoms with van der Waals surface area (Å²) in [4.78, 5) is 0.401. The molecule has 0 saturated carbocycles. The number of nitrogens with two attached hydrogens (primary N) is 1. The van der Waals surface area contributed by atoms with E-state index in [1.54, 1.807) is 12.1 Å². The Morgan fingerprint density at radius 1 is 0.944 bits per heavy atom. The van der Waals surface area contributed by atoms with Gasteiger partial charge in [0.1, 0.15) is 0 Å². The number of benzene rings is 2. The van der Waals surface area contributed by atoms with E-state index < -0.39 is 9.84 Å². The Hall–Kier alpha value is -1.39. The Kier molecular flexibility index (Phi) is 3.99. The molecule has 2 aromatic carbocycles. The summed E-state index contributed by atoms with van der Waals surface area (Å²) in [6.45, 7) is 0.535. The summed E-state index contributed by atoms with van der Waals surface area (Å²) in [5, 5.41) is 2.01. The van der Waals surface area contributed by atoms with Crippen molar-refractivity contribution in [2.75, 3.05) is 12.3 Å². The molecular weight excluding hydrogens is 246 g/mol. The van der Waals surface area contributed by atoms with Crippen LogP contribution in [0.1, 0.15) is 12.8 Å². The van der Waals surface area contributed by atoms with Gasteiger partial charge in [0.25, 0.3) is 0 Å². The van der Waals surface area contributed by atoms with E-state index in [0.29, 0.717) is 17.9 Å². The summed E-state index contributed by atoms with van der Waals surface area (Å²) in [6, 6.07) is 13.0. The van der Waals surface area contributed by atoms with Crippen molar-refractivity contribution in [2.45, 2.75) is 17.7 Å². The molecule has 4 heteroatoms. The van der Waals surface area contributed by atoms with Gasteiger partial charge in [-0.1, -0.05) is 30.3 Å². The lowest BCUT2D eigenvalue weighted by Crippen LogP contribution is -2.09. The van der Waals surface area contributed by atoms with Crippen molar-refractivity contribution in [1.29, 1.82) is 0 Å². The minimum atomic E-state index is -3.18. The van der Waals surface area contributed by atoms with Crippen LogP contribution in [-0.4, -0.2) is 20.7 Å². The maximum absolute atomic E-state index is 12.1. The van der Waals surface area contributed by atoms with Gasteiger partial charge < -0.3 is 5.73 Å². The van der Waals surface area contributed by atoms with E-state index in [1.165, 1.54) is 0 Å². The third kappa shape index (κ3) is 2.89. The average molecular weight is 263 g/mol. The molecule has 96 valence electrons. The van der Waals surface area contributed by atoms with E-state index in [-0.39, 0.29) is 5.75 Å². The first-order valence-electron chi connectivity index (χ1n) is 6.05. The number of rotatable bonds is 5. The molecule has 2 rings (SSSR count). The number of sulfone groups is 1. The Labute approximate surface area is 108 Å². The molecule has 0 atom stereocenters. The fourth-order valence-corrected chi connectivity index (χ4v) is 3.32. The fourth-order valence-electron chi connectivity index (χ4n) is 1.92. The SMILES string of the molecule is NCCCCS(=O)(=O)c1ccc2ccccc2c1. The zero-order valence-corrected chi connectivity index (χ0v) is 11.0. The summed E-state index contributed by atoms with van der Waals surface area (Å²) in [7, 11) is -3.18. The molecule has 0 radical (unpaired) electrons. The quantitative estimate of drug-likeness (QED) is 0.842. The molecule has 0 aromatic heterocycles. The molecule has 2 aromatic rings. The summed E-state index contributed by atoms with van der Waals surface area (Å²) >= 11 is 0. The van der Waals surface area contributed by atoms with Gasteiger partial charge in [-0.2, -0.15) is 0 Å². The van der Waals surface area contributed by atoms with Gasteiger partial charge in [0.15, 0.2) is 9.84 Å². The van der Waals surface area contributed by atoms with Gasteiger partial charge in [-0.05, 0) is 42.3 Å². The smallest absolute Gasteiger partial charge is 0.178 e. The highest BCUT2D eigenvalue weighted by atomic mass is 32.2. The van der Waals surface area contributed by atoms with Gasteiger partial charge in [-0.3, -0.25) is 0 Å². The second-order valence-electron chi connectivity index (χ2n) is 4.32. The van der Waals surface area contributed by atoms with Crippen molar-refractivity contribution in [3.63, 3.8) is 0 Å². The lowest BCUT2D eigenvalue weighted by atomic mass is 10.1. The minimum absolute atomic E-state index is 0.169. The highest BCUT2D eigenvalue weighted by molar-refractivity contribution is 7.91. The summed E-state index contributed by atoms with van der Waals surface area (Å²) in [5.41, 5.74) is 5.38. The first-order valence-corrected chi connectivity index (χ1v) is 7.70. The topological polar surface area (TPSA) is 60.2 Å². The highest BCUT2D eigenvalue weighted by Crippen LogP contribution is 2.20. The molecule has 0 bridgehead atoms. The Morgan fingerprint density at radius 3 is 2.39 bits per heavy atom. The molecule has 0 unspecified atom stereocenters. The molecular formula is C14H17NO2S. The van der Waals surface area contributed by atoms with E-state index >= 15 is 0 Å². The fraction of sp³-hybridized carbons (Fsp3) is 0.286. The van der Waals surface area contributed by atoms with Gasteiger partial charge in [0.05, 0.1) is 10.6 Å². The number of unbranched alkanes of at least 4 members (excludes halogenated alkanes) is 1. The van der Waals surface area contributed by atoms with Crippen molar-refractivity contribution in [3.8, 4) is 0 Å². The monoisotopic (exact) mass is 263 g/mol. The number of hydrogen-bond acceptors (Lipinski definition) is 3. The predicted octanol–water partition coefficient (Wildman–Crippen LogP) is 2.35. The average Bonchev–Trinajstić information content (AvgIpc) is 2.38. The van der Waals surface area contributed by atoms with E-state index in [1.807, 2.05) is 30.3 Å². The summed E-state index contributed by atoms with van der Waals surface area (Å²) in [5.74, 6) is 0.169. The summed E-state index contributed by atoms with van der Waals surface area (Å²) < 4.78 is 24.2. The van der Waals surface area contributed by atoms with Crippen LogP contribution >= 0.6 is 0 Å². The van der Waals surface area contributed by atoms with Crippen molar-refractivity contribution < 1.29 is 8.42 Å². The van der Waals surface area contributed by atoms with E-state index in [9.17, 15) is 8.42 Å². The van der Waals surface area contributed by atoms with Crippen LogP contribution in [0.3, 0.4) is 0 Å². The zero-order chi connectivity index (χ0) is 13.0. The maximum Gasteiger partial charge on any atom is 0.178 e.